The van der Waals surface area contributed by atoms with E-state index in [4.69, 9.17) is 23.2 Å². The van der Waals surface area contributed by atoms with Crippen molar-refractivity contribution < 1.29 is 9.18 Å². The first-order valence-electron chi connectivity index (χ1n) is 11.0. The number of anilines is 2. The molecule has 5 rings (SSSR count). The summed E-state index contributed by atoms with van der Waals surface area (Å²) in [7, 11) is 0. The van der Waals surface area contributed by atoms with E-state index in [2.05, 4.69) is 20.7 Å². The fraction of sp³-hybridized carbons (Fsp3) is 0.115. The van der Waals surface area contributed by atoms with E-state index < -0.39 is 11.9 Å². The van der Waals surface area contributed by atoms with Crippen LogP contribution in [0.25, 0.3) is 0 Å². The molecule has 36 heavy (non-hydrogen) atoms. The van der Waals surface area contributed by atoms with E-state index in [0.29, 0.717) is 49.4 Å². The molecule has 1 atom stereocenters. The summed E-state index contributed by atoms with van der Waals surface area (Å²) < 4.78 is 16.6. The lowest BCUT2D eigenvalue weighted by Crippen LogP contribution is -2.32. The fourth-order valence-corrected chi connectivity index (χ4v) is 4.97. The van der Waals surface area contributed by atoms with Gasteiger partial charge in [-0.3, -0.25) is 4.79 Å². The molecule has 0 spiro atoms. The van der Waals surface area contributed by atoms with Crippen LogP contribution in [0.15, 0.2) is 89.2 Å². The molecule has 0 aliphatic carbocycles. The number of fused-ring (bicyclic) bond motifs is 1. The van der Waals surface area contributed by atoms with Crippen LogP contribution in [-0.4, -0.2) is 20.7 Å². The summed E-state index contributed by atoms with van der Waals surface area (Å²) >= 11 is 13.4. The Kier molecular flexibility index (Phi) is 7.00. The van der Waals surface area contributed by atoms with Crippen LogP contribution in [0.2, 0.25) is 10.0 Å². The molecule has 0 saturated heterocycles. The van der Waals surface area contributed by atoms with E-state index in [9.17, 15) is 4.79 Å². The van der Waals surface area contributed by atoms with E-state index in [1.807, 2.05) is 24.3 Å². The van der Waals surface area contributed by atoms with Crippen molar-refractivity contribution in [3.05, 3.63) is 111 Å². The Labute approximate surface area is 221 Å². The monoisotopic (exact) mass is 539 g/mol. The molecule has 1 amide bonds. The Bertz CT molecular complexity index is 1450. The molecule has 4 aromatic rings. The smallest absolute Gasteiger partial charge is 0.255 e. The predicted molar refractivity (Wildman–Crippen MR) is 142 cm³/mol. The topological polar surface area (TPSA) is 71.8 Å². The first-order chi connectivity index (χ1) is 17.4. The average molecular weight is 540 g/mol. The van der Waals surface area contributed by atoms with Crippen molar-refractivity contribution in [3.63, 3.8) is 0 Å². The predicted octanol–water partition coefficient (Wildman–Crippen LogP) is 6.94. The molecular formula is C26H20Cl2FN5OS. The number of hydrogen-bond acceptors (Lipinski definition) is 5. The molecule has 0 saturated carbocycles. The van der Waals surface area contributed by atoms with Gasteiger partial charge in [0.05, 0.1) is 5.57 Å². The van der Waals surface area contributed by atoms with Crippen molar-refractivity contribution >= 4 is 52.5 Å². The summed E-state index contributed by atoms with van der Waals surface area (Å²) in [6, 6.07) is 19.9. The van der Waals surface area contributed by atoms with Crippen molar-refractivity contribution in [3.8, 4) is 0 Å². The van der Waals surface area contributed by atoms with Gasteiger partial charge in [0.2, 0.25) is 11.1 Å². The highest BCUT2D eigenvalue weighted by Crippen LogP contribution is 2.38. The maximum Gasteiger partial charge on any atom is 0.255 e. The molecule has 182 valence electrons. The minimum Gasteiger partial charge on any atom is -0.328 e. The third-order valence-corrected chi connectivity index (χ3v) is 7.07. The summed E-state index contributed by atoms with van der Waals surface area (Å²) in [5.41, 5.74) is 2.85. The number of carbonyl (C=O) groups is 1. The van der Waals surface area contributed by atoms with E-state index in [0.717, 1.165) is 5.56 Å². The van der Waals surface area contributed by atoms with Gasteiger partial charge in [-0.25, -0.2) is 9.07 Å². The van der Waals surface area contributed by atoms with Gasteiger partial charge >= 0.3 is 0 Å². The Hall–Kier alpha value is -3.33. The quantitative estimate of drug-likeness (QED) is 0.259. The van der Waals surface area contributed by atoms with Crippen LogP contribution in [0.5, 0.6) is 0 Å². The second kappa shape index (κ2) is 10.3. The van der Waals surface area contributed by atoms with Gasteiger partial charge in [-0.05, 0) is 55.0 Å². The number of carbonyl (C=O) groups excluding carboxylic acids is 1. The third kappa shape index (κ3) is 5.11. The van der Waals surface area contributed by atoms with Crippen LogP contribution < -0.4 is 10.6 Å². The van der Waals surface area contributed by atoms with Crippen LogP contribution in [0.3, 0.4) is 0 Å². The third-order valence-electron chi connectivity index (χ3n) is 5.66. The molecule has 2 N–H and O–H groups in total. The Morgan fingerprint density at radius 3 is 2.42 bits per heavy atom. The van der Waals surface area contributed by atoms with Crippen molar-refractivity contribution in [2.75, 3.05) is 10.6 Å². The lowest BCUT2D eigenvalue weighted by Gasteiger charge is -2.28. The van der Waals surface area contributed by atoms with Crippen molar-refractivity contribution in [2.24, 2.45) is 0 Å². The van der Waals surface area contributed by atoms with Gasteiger partial charge in [-0.1, -0.05) is 65.3 Å². The number of amides is 1. The highest BCUT2D eigenvalue weighted by molar-refractivity contribution is 7.98. The molecule has 0 bridgehead atoms. The van der Waals surface area contributed by atoms with Gasteiger partial charge < -0.3 is 10.6 Å². The molecule has 1 aromatic heterocycles. The summed E-state index contributed by atoms with van der Waals surface area (Å²) in [6.45, 7) is 1.77. The SMILES string of the molecule is CC1=C(C(=O)Nc2ccc(Cl)cc2)[C@H](c2ccccc2F)n2nc(SCc3ccc(Cl)cc3)nc2N1. The second-order valence-electron chi connectivity index (χ2n) is 8.13. The minimum atomic E-state index is -0.813. The molecule has 10 heteroatoms. The number of thioether (sulfide) groups is 1. The zero-order valence-electron chi connectivity index (χ0n) is 19.0. The zero-order chi connectivity index (χ0) is 25.2. The Morgan fingerprint density at radius 1 is 1.06 bits per heavy atom. The number of rotatable bonds is 6. The van der Waals surface area contributed by atoms with Crippen LogP contribution in [-0.2, 0) is 10.5 Å². The van der Waals surface area contributed by atoms with Crippen LogP contribution >= 0.6 is 35.0 Å². The summed E-state index contributed by atoms with van der Waals surface area (Å²) in [5.74, 6) is 0.238. The number of hydrogen-bond donors (Lipinski definition) is 2. The first-order valence-corrected chi connectivity index (χ1v) is 12.8. The number of benzene rings is 3. The van der Waals surface area contributed by atoms with E-state index in [1.165, 1.54) is 17.8 Å². The first kappa shape index (κ1) is 24.4. The molecule has 3 aromatic carbocycles. The molecular weight excluding hydrogens is 520 g/mol. The fourth-order valence-electron chi connectivity index (χ4n) is 3.93. The van der Waals surface area contributed by atoms with Gasteiger partial charge in [-0.15, -0.1) is 5.10 Å². The maximum absolute atomic E-state index is 15.0. The van der Waals surface area contributed by atoms with Gasteiger partial charge in [0.15, 0.2) is 0 Å². The molecule has 0 radical (unpaired) electrons. The maximum atomic E-state index is 15.0. The van der Waals surface area contributed by atoms with Gasteiger partial charge in [0, 0.05) is 32.7 Å². The van der Waals surface area contributed by atoms with Gasteiger partial charge in [-0.2, -0.15) is 4.98 Å². The second-order valence-corrected chi connectivity index (χ2v) is 9.94. The van der Waals surface area contributed by atoms with Gasteiger partial charge in [0.1, 0.15) is 11.9 Å². The molecule has 6 nitrogen and oxygen atoms in total. The van der Waals surface area contributed by atoms with Crippen LogP contribution in [0.1, 0.15) is 24.1 Å². The summed E-state index contributed by atoms with van der Waals surface area (Å²) in [5, 5.41) is 12.4. The standard InChI is InChI=1S/C26H20Cl2FN5OS/c1-15-22(24(35)31-19-12-10-18(28)11-13-19)23(20-4-2-3-5-21(20)29)34-25(30-15)32-26(33-34)36-14-16-6-8-17(27)9-7-16/h2-13,23H,14H2,1H3,(H,31,35)(H,30,32,33)/t23-/m0/s1. The zero-order valence-corrected chi connectivity index (χ0v) is 21.3. The van der Waals surface area contributed by atoms with Crippen molar-refractivity contribution in [1.82, 2.24) is 14.8 Å². The van der Waals surface area contributed by atoms with Crippen LogP contribution in [0.4, 0.5) is 16.0 Å². The number of halogens is 3. The van der Waals surface area contributed by atoms with Gasteiger partial charge in [0.25, 0.3) is 5.91 Å². The van der Waals surface area contributed by atoms with E-state index in [-0.39, 0.29) is 5.91 Å². The molecule has 1 aliphatic rings. The Balaban J connectivity index is 1.49. The largest absolute Gasteiger partial charge is 0.328 e. The highest BCUT2D eigenvalue weighted by atomic mass is 35.5. The molecule has 2 heterocycles. The number of nitrogens with one attached hydrogen (secondary N) is 2. The summed E-state index contributed by atoms with van der Waals surface area (Å²) in [6.07, 6.45) is 0. The lowest BCUT2D eigenvalue weighted by atomic mass is 9.94. The lowest BCUT2D eigenvalue weighted by molar-refractivity contribution is -0.113. The Morgan fingerprint density at radius 2 is 1.72 bits per heavy atom. The molecule has 1 aliphatic heterocycles. The minimum absolute atomic E-state index is 0.319. The highest BCUT2D eigenvalue weighted by Gasteiger charge is 2.35. The van der Waals surface area contributed by atoms with Crippen molar-refractivity contribution in [1.29, 1.82) is 0 Å². The van der Waals surface area contributed by atoms with E-state index >= 15 is 4.39 Å². The molecule has 0 fully saturated rings. The normalized spacial score (nSPS) is 14.8. The summed E-state index contributed by atoms with van der Waals surface area (Å²) in [4.78, 5) is 18.1. The van der Waals surface area contributed by atoms with Crippen LogP contribution in [0, 0.1) is 5.82 Å². The van der Waals surface area contributed by atoms with E-state index in [1.54, 1.807) is 54.1 Å². The van der Waals surface area contributed by atoms with Crippen molar-refractivity contribution in [2.45, 2.75) is 23.9 Å². The number of allylic oxidation sites excluding steroid dienone is 1. The average Bonchev–Trinajstić information content (AvgIpc) is 3.27. The number of nitrogens with zero attached hydrogens (tertiary/aromatic N) is 3. The molecule has 0 unspecified atom stereocenters. The number of aromatic nitrogens is 3.